The molecule has 0 spiro atoms. The molecule has 3 aromatic rings. The van der Waals surface area contributed by atoms with Crippen molar-refractivity contribution in [2.24, 2.45) is 0 Å². The highest BCUT2D eigenvalue weighted by atomic mass is 35.5. The summed E-state index contributed by atoms with van der Waals surface area (Å²) in [6.07, 6.45) is 1.27. The Bertz CT molecular complexity index is 1310. The second kappa shape index (κ2) is 10.3. The highest BCUT2D eigenvalue weighted by Gasteiger charge is 2.21. The van der Waals surface area contributed by atoms with Gasteiger partial charge in [0.25, 0.3) is 0 Å². The lowest BCUT2D eigenvalue weighted by Gasteiger charge is -2.12. The Hall–Kier alpha value is -2.69. The molecule has 0 aliphatic heterocycles. The van der Waals surface area contributed by atoms with Crippen molar-refractivity contribution >= 4 is 50.7 Å². The van der Waals surface area contributed by atoms with Crippen molar-refractivity contribution in [2.45, 2.75) is 11.5 Å². The number of allylic oxidation sites excluding steroid dienone is 1. The molecule has 0 aliphatic carbocycles. The predicted molar refractivity (Wildman–Crippen MR) is 126 cm³/mol. The number of methoxy groups -OCH3 is 1. The van der Waals surface area contributed by atoms with Gasteiger partial charge in [-0.15, -0.1) is 0 Å². The van der Waals surface area contributed by atoms with Crippen molar-refractivity contribution in [3.63, 3.8) is 0 Å². The van der Waals surface area contributed by atoms with E-state index in [1.165, 1.54) is 37.5 Å². The van der Waals surface area contributed by atoms with Crippen molar-refractivity contribution < 1.29 is 17.9 Å². The molecular formula is C23H16Cl3NO4S. The monoisotopic (exact) mass is 507 g/mol. The van der Waals surface area contributed by atoms with Gasteiger partial charge in [-0.1, -0.05) is 46.9 Å². The molecule has 3 rings (SSSR count). The topological polar surface area (TPSA) is 76.4 Å². The lowest BCUT2D eigenvalue weighted by Crippen LogP contribution is -2.03. The van der Waals surface area contributed by atoms with Crippen LogP contribution >= 0.6 is 34.8 Å². The summed E-state index contributed by atoms with van der Waals surface area (Å²) in [6.45, 7) is 0.219. The number of ether oxygens (including phenoxy) is 2. The second-order valence-corrected chi connectivity index (χ2v) is 9.69. The number of rotatable bonds is 7. The number of benzene rings is 3. The van der Waals surface area contributed by atoms with E-state index in [9.17, 15) is 13.7 Å². The quantitative estimate of drug-likeness (QED) is 0.337. The van der Waals surface area contributed by atoms with Gasteiger partial charge in [-0.2, -0.15) is 5.26 Å². The number of nitriles is 1. The van der Waals surface area contributed by atoms with Crippen LogP contribution in [0.5, 0.6) is 11.5 Å². The lowest BCUT2D eigenvalue weighted by atomic mass is 10.2. The van der Waals surface area contributed by atoms with Gasteiger partial charge >= 0.3 is 0 Å². The van der Waals surface area contributed by atoms with Gasteiger partial charge < -0.3 is 9.47 Å². The number of nitrogens with zero attached hydrogens (tertiary/aromatic N) is 1. The lowest BCUT2D eigenvalue weighted by molar-refractivity contribution is 0.284. The van der Waals surface area contributed by atoms with Crippen LogP contribution in [-0.4, -0.2) is 15.5 Å². The Kier molecular flexibility index (Phi) is 7.70. The molecule has 0 N–H and O–H groups in total. The van der Waals surface area contributed by atoms with Crippen LogP contribution in [0.2, 0.25) is 15.1 Å². The summed E-state index contributed by atoms with van der Waals surface area (Å²) in [4.78, 5) is -0.436. The van der Waals surface area contributed by atoms with Crippen molar-refractivity contribution in [3.05, 3.63) is 91.8 Å². The van der Waals surface area contributed by atoms with Crippen LogP contribution in [0.1, 0.15) is 11.1 Å². The SMILES string of the molecule is COc1cc(C=C(C#N)S(=O)(=O)c2ccc(Cl)cc2)ccc1OCc1ccc(Cl)c(Cl)c1. The normalized spacial score (nSPS) is 11.7. The molecule has 0 saturated carbocycles. The molecule has 3 aromatic carbocycles. The zero-order valence-electron chi connectivity index (χ0n) is 16.7. The molecular weight excluding hydrogens is 493 g/mol. The van der Waals surface area contributed by atoms with Crippen molar-refractivity contribution in [1.29, 1.82) is 5.26 Å². The molecule has 0 amide bonds. The van der Waals surface area contributed by atoms with Gasteiger partial charge in [-0.3, -0.25) is 0 Å². The first kappa shape index (κ1) is 24.0. The summed E-state index contributed by atoms with van der Waals surface area (Å²) in [6, 6.07) is 17.4. The maximum Gasteiger partial charge on any atom is 0.216 e. The average Bonchev–Trinajstić information content (AvgIpc) is 2.78. The summed E-state index contributed by atoms with van der Waals surface area (Å²) < 4.78 is 36.8. The van der Waals surface area contributed by atoms with Crippen LogP contribution in [0, 0.1) is 11.3 Å². The minimum atomic E-state index is -4.00. The van der Waals surface area contributed by atoms with E-state index in [0.29, 0.717) is 32.1 Å². The fraction of sp³-hybridized carbons (Fsp3) is 0.0870. The van der Waals surface area contributed by atoms with Crippen LogP contribution in [0.15, 0.2) is 70.5 Å². The Labute approximate surface area is 201 Å². The number of hydrogen-bond donors (Lipinski definition) is 0. The van der Waals surface area contributed by atoms with Crippen LogP contribution in [-0.2, 0) is 16.4 Å². The van der Waals surface area contributed by atoms with E-state index in [-0.39, 0.29) is 11.5 Å². The minimum absolute atomic E-state index is 0.0248. The van der Waals surface area contributed by atoms with E-state index in [4.69, 9.17) is 44.3 Å². The fourth-order valence-electron chi connectivity index (χ4n) is 2.75. The van der Waals surface area contributed by atoms with Gasteiger partial charge in [-0.05, 0) is 65.7 Å². The molecule has 0 atom stereocenters. The summed E-state index contributed by atoms with van der Waals surface area (Å²) in [5.41, 5.74) is 1.27. The largest absolute Gasteiger partial charge is 0.493 e. The maximum atomic E-state index is 12.8. The summed E-state index contributed by atoms with van der Waals surface area (Å²) in [5.74, 6) is 0.815. The molecule has 5 nitrogen and oxygen atoms in total. The second-order valence-electron chi connectivity index (χ2n) is 6.53. The van der Waals surface area contributed by atoms with Crippen molar-refractivity contribution in [3.8, 4) is 17.6 Å². The Morgan fingerprint density at radius 1 is 0.969 bits per heavy atom. The summed E-state index contributed by atoms with van der Waals surface area (Å²) in [5, 5.41) is 10.7. The van der Waals surface area contributed by atoms with Gasteiger partial charge in [0.05, 0.1) is 22.1 Å². The number of halogens is 3. The average molecular weight is 509 g/mol. The molecule has 164 valence electrons. The standard InChI is InChI=1S/C23H16Cl3NO4S/c1-30-23-12-15(3-9-22(23)31-14-16-2-8-20(25)21(26)11-16)10-19(13-27)32(28,29)18-6-4-17(24)5-7-18/h2-12H,14H2,1H3. The van der Waals surface area contributed by atoms with Gasteiger partial charge in [-0.25, -0.2) is 8.42 Å². The van der Waals surface area contributed by atoms with E-state index in [2.05, 4.69) is 0 Å². The number of hydrogen-bond acceptors (Lipinski definition) is 5. The van der Waals surface area contributed by atoms with E-state index in [0.717, 1.165) is 5.56 Å². The van der Waals surface area contributed by atoms with Gasteiger partial charge in [0.15, 0.2) is 11.5 Å². The molecule has 0 aliphatic rings. The summed E-state index contributed by atoms with van der Waals surface area (Å²) >= 11 is 17.8. The molecule has 32 heavy (non-hydrogen) atoms. The first-order valence-corrected chi connectivity index (χ1v) is 11.7. The maximum absolute atomic E-state index is 12.8. The highest BCUT2D eigenvalue weighted by molar-refractivity contribution is 7.95. The first-order chi connectivity index (χ1) is 15.2. The minimum Gasteiger partial charge on any atom is -0.493 e. The molecule has 0 heterocycles. The van der Waals surface area contributed by atoms with E-state index >= 15 is 0 Å². The van der Waals surface area contributed by atoms with E-state index in [1.807, 2.05) is 0 Å². The molecule has 0 unspecified atom stereocenters. The van der Waals surface area contributed by atoms with E-state index in [1.54, 1.807) is 42.5 Å². The predicted octanol–water partition coefficient (Wildman–Crippen LogP) is 6.57. The molecule has 9 heteroatoms. The third-order valence-corrected chi connectivity index (χ3v) is 7.06. The number of sulfone groups is 1. The molecule has 0 fully saturated rings. The molecule has 0 saturated heterocycles. The molecule has 0 aromatic heterocycles. The van der Waals surface area contributed by atoms with Gasteiger partial charge in [0.2, 0.25) is 9.84 Å². The highest BCUT2D eigenvalue weighted by Crippen LogP contribution is 2.31. The molecule has 0 radical (unpaired) electrons. The summed E-state index contributed by atoms with van der Waals surface area (Å²) in [7, 11) is -2.54. The smallest absolute Gasteiger partial charge is 0.216 e. The molecule has 0 bridgehead atoms. The first-order valence-electron chi connectivity index (χ1n) is 9.12. The van der Waals surface area contributed by atoms with Crippen LogP contribution < -0.4 is 9.47 Å². The van der Waals surface area contributed by atoms with Gasteiger partial charge in [0.1, 0.15) is 17.6 Å². The third kappa shape index (κ3) is 5.56. The third-order valence-electron chi connectivity index (χ3n) is 4.39. The Balaban J connectivity index is 1.86. The zero-order chi connectivity index (χ0) is 23.3. The fourth-order valence-corrected chi connectivity index (χ4v) is 4.35. The Morgan fingerprint density at radius 3 is 2.31 bits per heavy atom. The van der Waals surface area contributed by atoms with Gasteiger partial charge in [0, 0.05) is 5.02 Å². The van der Waals surface area contributed by atoms with Crippen molar-refractivity contribution in [2.75, 3.05) is 7.11 Å². The Morgan fingerprint density at radius 2 is 1.69 bits per heavy atom. The zero-order valence-corrected chi connectivity index (χ0v) is 19.8. The van der Waals surface area contributed by atoms with Crippen molar-refractivity contribution in [1.82, 2.24) is 0 Å². The van der Waals surface area contributed by atoms with Crippen LogP contribution in [0.3, 0.4) is 0 Å². The van der Waals surface area contributed by atoms with Crippen LogP contribution in [0.4, 0.5) is 0 Å². The van der Waals surface area contributed by atoms with Crippen LogP contribution in [0.25, 0.3) is 6.08 Å². The van der Waals surface area contributed by atoms with E-state index < -0.39 is 14.7 Å².